The molecule has 1 aliphatic rings. The van der Waals surface area contributed by atoms with E-state index in [9.17, 15) is 0 Å². The maximum absolute atomic E-state index is 8.84. The number of aliphatic hydroxyl groups excluding tert-OH is 1. The Labute approximate surface area is 81.2 Å². The second-order valence-electron chi connectivity index (χ2n) is 3.18. The first-order chi connectivity index (χ1) is 6.40. The quantitative estimate of drug-likeness (QED) is 0.772. The van der Waals surface area contributed by atoms with Gasteiger partial charge in [0.1, 0.15) is 5.01 Å². The molecule has 0 radical (unpaired) electrons. The second-order valence-corrected chi connectivity index (χ2v) is 4.22. The van der Waals surface area contributed by atoms with Crippen LogP contribution in [0.5, 0.6) is 0 Å². The van der Waals surface area contributed by atoms with E-state index in [0.29, 0.717) is 5.01 Å². The van der Waals surface area contributed by atoms with Gasteiger partial charge in [-0.25, -0.2) is 0 Å². The van der Waals surface area contributed by atoms with Crippen LogP contribution < -0.4 is 4.90 Å². The van der Waals surface area contributed by atoms with Crippen LogP contribution in [-0.2, 0) is 6.61 Å². The van der Waals surface area contributed by atoms with Crippen molar-refractivity contribution in [2.24, 2.45) is 0 Å². The minimum absolute atomic E-state index is 0.00546. The van der Waals surface area contributed by atoms with Crippen LogP contribution in [-0.4, -0.2) is 28.4 Å². The van der Waals surface area contributed by atoms with Crippen molar-refractivity contribution in [1.29, 1.82) is 0 Å². The van der Waals surface area contributed by atoms with Crippen molar-refractivity contribution in [1.82, 2.24) is 10.2 Å². The first-order valence-corrected chi connectivity index (χ1v) is 5.40. The molecule has 0 amide bonds. The summed E-state index contributed by atoms with van der Waals surface area (Å²) in [5.74, 6) is 0. The van der Waals surface area contributed by atoms with Gasteiger partial charge in [0.15, 0.2) is 0 Å². The van der Waals surface area contributed by atoms with Gasteiger partial charge >= 0.3 is 0 Å². The summed E-state index contributed by atoms with van der Waals surface area (Å²) < 4.78 is 0. The zero-order valence-corrected chi connectivity index (χ0v) is 8.26. The van der Waals surface area contributed by atoms with E-state index in [4.69, 9.17) is 5.11 Å². The van der Waals surface area contributed by atoms with Gasteiger partial charge in [-0.05, 0) is 19.3 Å². The topological polar surface area (TPSA) is 49.3 Å². The standard InChI is InChI=1S/C8H13N3OS/c12-6-7-9-10-8(13-7)11-4-2-1-3-5-11/h12H,1-6H2. The number of aliphatic hydroxyl groups is 1. The zero-order valence-electron chi connectivity index (χ0n) is 7.44. The molecule has 0 bridgehead atoms. The number of aromatic nitrogens is 2. The molecule has 1 N–H and O–H groups in total. The molecular weight excluding hydrogens is 186 g/mol. The molecule has 1 aromatic heterocycles. The summed E-state index contributed by atoms with van der Waals surface area (Å²) >= 11 is 1.49. The van der Waals surface area contributed by atoms with Crippen LogP contribution in [0.4, 0.5) is 5.13 Å². The summed E-state index contributed by atoms with van der Waals surface area (Å²) in [6, 6.07) is 0. The van der Waals surface area contributed by atoms with Crippen molar-refractivity contribution in [2.75, 3.05) is 18.0 Å². The molecule has 5 heteroatoms. The van der Waals surface area contributed by atoms with Crippen LogP contribution >= 0.6 is 11.3 Å². The summed E-state index contributed by atoms with van der Waals surface area (Å²) in [7, 11) is 0. The number of piperidine rings is 1. The van der Waals surface area contributed by atoms with Crippen molar-refractivity contribution in [3.63, 3.8) is 0 Å². The van der Waals surface area contributed by atoms with Gasteiger partial charge in [0.2, 0.25) is 5.13 Å². The number of anilines is 1. The highest BCUT2D eigenvalue weighted by Gasteiger charge is 2.14. The number of hydrogen-bond donors (Lipinski definition) is 1. The van der Waals surface area contributed by atoms with E-state index in [1.54, 1.807) is 0 Å². The average molecular weight is 199 g/mol. The Bertz CT molecular complexity index is 270. The molecule has 0 saturated carbocycles. The van der Waals surface area contributed by atoms with Gasteiger partial charge in [0.05, 0.1) is 6.61 Å². The van der Waals surface area contributed by atoms with Crippen molar-refractivity contribution < 1.29 is 5.11 Å². The van der Waals surface area contributed by atoms with E-state index in [0.717, 1.165) is 18.2 Å². The lowest BCUT2D eigenvalue weighted by Crippen LogP contribution is -2.29. The minimum Gasteiger partial charge on any atom is -0.389 e. The summed E-state index contributed by atoms with van der Waals surface area (Å²) in [5.41, 5.74) is 0. The molecule has 0 aromatic carbocycles. The number of nitrogens with zero attached hydrogens (tertiary/aromatic N) is 3. The third-order valence-corrected chi connectivity index (χ3v) is 3.19. The van der Waals surface area contributed by atoms with Crippen LogP contribution in [0, 0.1) is 0 Å². The van der Waals surface area contributed by atoms with Gasteiger partial charge in [-0.2, -0.15) is 0 Å². The molecule has 1 aromatic rings. The first-order valence-electron chi connectivity index (χ1n) is 4.58. The number of hydrogen-bond acceptors (Lipinski definition) is 5. The monoisotopic (exact) mass is 199 g/mol. The van der Waals surface area contributed by atoms with Crippen molar-refractivity contribution in [2.45, 2.75) is 25.9 Å². The van der Waals surface area contributed by atoms with Gasteiger partial charge < -0.3 is 10.0 Å². The molecular formula is C8H13N3OS. The molecule has 1 aliphatic heterocycles. The van der Waals surface area contributed by atoms with Gasteiger partial charge in [0.25, 0.3) is 0 Å². The van der Waals surface area contributed by atoms with Gasteiger partial charge in [-0.3, -0.25) is 0 Å². The Kier molecular flexibility index (Phi) is 2.75. The Balaban J connectivity index is 2.05. The number of rotatable bonds is 2. The van der Waals surface area contributed by atoms with Crippen molar-refractivity contribution in [3.8, 4) is 0 Å². The zero-order chi connectivity index (χ0) is 9.10. The fourth-order valence-corrected chi connectivity index (χ4v) is 2.27. The van der Waals surface area contributed by atoms with Gasteiger partial charge in [-0.1, -0.05) is 11.3 Å². The molecule has 0 unspecified atom stereocenters. The minimum atomic E-state index is 0.00546. The van der Waals surface area contributed by atoms with E-state index < -0.39 is 0 Å². The smallest absolute Gasteiger partial charge is 0.208 e. The third kappa shape index (κ3) is 1.97. The van der Waals surface area contributed by atoms with Crippen LogP contribution in [0.25, 0.3) is 0 Å². The molecule has 72 valence electrons. The van der Waals surface area contributed by atoms with E-state index >= 15 is 0 Å². The van der Waals surface area contributed by atoms with Crippen molar-refractivity contribution >= 4 is 16.5 Å². The predicted molar refractivity (Wildman–Crippen MR) is 51.9 cm³/mol. The highest BCUT2D eigenvalue weighted by atomic mass is 32.1. The highest BCUT2D eigenvalue weighted by Crippen LogP contribution is 2.23. The lowest BCUT2D eigenvalue weighted by atomic mass is 10.1. The van der Waals surface area contributed by atoms with E-state index in [1.807, 2.05) is 0 Å². The maximum atomic E-state index is 8.84. The molecule has 2 rings (SSSR count). The molecule has 0 spiro atoms. The van der Waals surface area contributed by atoms with E-state index in [1.165, 1.54) is 30.6 Å². The predicted octanol–water partition coefficient (Wildman–Crippen LogP) is 1.02. The van der Waals surface area contributed by atoms with Crippen molar-refractivity contribution in [3.05, 3.63) is 5.01 Å². The first kappa shape index (κ1) is 8.90. The highest BCUT2D eigenvalue weighted by molar-refractivity contribution is 7.15. The fourth-order valence-electron chi connectivity index (χ4n) is 1.52. The molecule has 0 atom stereocenters. The Morgan fingerprint density at radius 3 is 2.62 bits per heavy atom. The summed E-state index contributed by atoms with van der Waals surface area (Å²) in [6.07, 6.45) is 3.81. The molecule has 1 saturated heterocycles. The Hall–Kier alpha value is -0.680. The summed E-state index contributed by atoms with van der Waals surface area (Å²) in [6.45, 7) is 2.17. The van der Waals surface area contributed by atoms with Crippen LogP contribution in [0.2, 0.25) is 0 Å². The Morgan fingerprint density at radius 1 is 1.23 bits per heavy atom. The van der Waals surface area contributed by atoms with E-state index in [-0.39, 0.29) is 6.61 Å². The lowest BCUT2D eigenvalue weighted by molar-refractivity contribution is 0.280. The SMILES string of the molecule is OCc1nnc(N2CCCCC2)s1. The lowest BCUT2D eigenvalue weighted by Gasteiger charge is -2.25. The third-order valence-electron chi connectivity index (χ3n) is 2.22. The fraction of sp³-hybridized carbons (Fsp3) is 0.750. The summed E-state index contributed by atoms with van der Waals surface area (Å²) in [5, 5.41) is 18.4. The molecule has 4 nitrogen and oxygen atoms in total. The average Bonchev–Trinajstić information content (AvgIpc) is 2.67. The van der Waals surface area contributed by atoms with Gasteiger partial charge in [-0.15, -0.1) is 10.2 Å². The summed E-state index contributed by atoms with van der Waals surface area (Å²) in [4.78, 5) is 2.25. The van der Waals surface area contributed by atoms with Crippen LogP contribution in [0.15, 0.2) is 0 Å². The maximum Gasteiger partial charge on any atom is 0.208 e. The molecule has 13 heavy (non-hydrogen) atoms. The Morgan fingerprint density at radius 2 is 2.00 bits per heavy atom. The van der Waals surface area contributed by atoms with Crippen LogP contribution in [0.3, 0.4) is 0 Å². The largest absolute Gasteiger partial charge is 0.389 e. The van der Waals surface area contributed by atoms with E-state index in [2.05, 4.69) is 15.1 Å². The normalized spacial score (nSPS) is 17.8. The second kappa shape index (κ2) is 4.02. The van der Waals surface area contributed by atoms with Gasteiger partial charge in [0, 0.05) is 13.1 Å². The molecule has 1 fully saturated rings. The van der Waals surface area contributed by atoms with Crippen LogP contribution in [0.1, 0.15) is 24.3 Å². The molecule has 0 aliphatic carbocycles. The molecule has 2 heterocycles.